The van der Waals surface area contributed by atoms with Crippen molar-refractivity contribution >= 4 is 21.9 Å². The maximum atomic E-state index is 13.6. The average molecular weight is 285 g/mol. The Bertz CT molecular complexity index is 534. The van der Waals surface area contributed by atoms with E-state index in [0.717, 1.165) is 6.07 Å². The van der Waals surface area contributed by atoms with E-state index in [9.17, 15) is 9.18 Å². The topological polar surface area (TPSA) is 50.4 Å². The summed E-state index contributed by atoms with van der Waals surface area (Å²) in [6.45, 7) is 0. The zero-order valence-electron chi connectivity index (χ0n) is 7.91. The molecule has 2 rings (SSSR count). The van der Waals surface area contributed by atoms with Crippen LogP contribution in [0.5, 0.6) is 0 Å². The van der Waals surface area contributed by atoms with Crippen LogP contribution < -0.4 is 0 Å². The fourth-order valence-electron chi connectivity index (χ4n) is 1.33. The minimum absolute atomic E-state index is 0.118. The maximum absolute atomic E-state index is 13.6. The van der Waals surface area contributed by atoms with Gasteiger partial charge in [0.25, 0.3) is 0 Å². The van der Waals surface area contributed by atoms with E-state index in [0.29, 0.717) is 10.2 Å². The predicted molar refractivity (Wildman–Crippen MR) is 58.8 cm³/mol. The van der Waals surface area contributed by atoms with Crippen LogP contribution in [0.25, 0.3) is 11.3 Å². The summed E-state index contributed by atoms with van der Waals surface area (Å²) >= 11 is 3.08. The second-order valence-corrected chi connectivity index (χ2v) is 3.95. The van der Waals surface area contributed by atoms with E-state index >= 15 is 0 Å². The van der Waals surface area contributed by atoms with Crippen LogP contribution >= 0.6 is 15.9 Å². The smallest absolute Gasteiger partial charge is 0.336 e. The lowest BCUT2D eigenvalue weighted by Crippen LogP contribution is -1.99. The molecule has 0 radical (unpaired) electrons. The zero-order chi connectivity index (χ0) is 11.7. The third-order valence-electron chi connectivity index (χ3n) is 2.07. The molecule has 0 saturated heterocycles. The van der Waals surface area contributed by atoms with Crippen LogP contribution in [-0.4, -0.2) is 11.1 Å². The van der Waals surface area contributed by atoms with Gasteiger partial charge < -0.3 is 9.52 Å². The lowest BCUT2D eigenvalue weighted by atomic mass is 10.1. The van der Waals surface area contributed by atoms with Crippen LogP contribution in [-0.2, 0) is 0 Å². The van der Waals surface area contributed by atoms with E-state index < -0.39 is 11.8 Å². The van der Waals surface area contributed by atoms with Gasteiger partial charge in [0.05, 0.1) is 17.4 Å². The molecule has 0 aliphatic heterocycles. The van der Waals surface area contributed by atoms with E-state index in [1.54, 1.807) is 12.1 Å². The number of carboxylic acids is 1. The Morgan fingerprint density at radius 2 is 2.19 bits per heavy atom. The molecule has 0 atom stereocenters. The number of halogens is 2. The van der Waals surface area contributed by atoms with Crippen molar-refractivity contribution < 1.29 is 18.7 Å². The second kappa shape index (κ2) is 4.09. The first kappa shape index (κ1) is 10.9. The molecule has 0 saturated carbocycles. The summed E-state index contributed by atoms with van der Waals surface area (Å²) in [5.74, 6) is -1.46. The Morgan fingerprint density at radius 3 is 2.75 bits per heavy atom. The first-order chi connectivity index (χ1) is 7.59. The molecule has 0 spiro atoms. The van der Waals surface area contributed by atoms with Crippen molar-refractivity contribution in [2.45, 2.75) is 0 Å². The normalized spacial score (nSPS) is 10.4. The first-order valence-corrected chi connectivity index (χ1v) is 5.15. The molecule has 2 aromatic rings. The lowest BCUT2D eigenvalue weighted by Gasteiger charge is -2.04. The van der Waals surface area contributed by atoms with Gasteiger partial charge in [-0.3, -0.25) is 0 Å². The molecule has 1 N–H and O–H groups in total. The van der Waals surface area contributed by atoms with Crippen molar-refractivity contribution in [1.82, 2.24) is 0 Å². The molecule has 16 heavy (non-hydrogen) atoms. The molecule has 0 aliphatic rings. The molecule has 0 aliphatic carbocycles. The molecule has 1 aromatic carbocycles. The minimum atomic E-state index is -1.18. The fraction of sp³-hybridized carbons (Fsp3) is 0. The Morgan fingerprint density at radius 1 is 1.44 bits per heavy atom. The number of hydrogen-bond acceptors (Lipinski definition) is 2. The third-order valence-corrected chi connectivity index (χ3v) is 2.73. The Kier molecular flexibility index (Phi) is 2.78. The number of aromatic carboxylic acids is 1. The zero-order valence-corrected chi connectivity index (χ0v) is 9.49. The monoisotopic (exact) mass is 284 g/mol. The van der Waals surface area contributed by atoms with Crippen LogP contribution in [0.3, 0.4) is 0 Å². The summed E-state index contributed by atoms with van der Waals surface area (Å²) in [7, 11) is 0. The highest BCUT2D eigenvalue weighted by Gasteiger charge is 2.15. The van der Waals surface area contributed by atoms with Crippen molar-refractivity contribution in [3.8, 4) is 11.3 Å². The molecule has 0 fully saturated rings. The molecule has 1 aromatic heterocycles. The minimum Gasteiger partial charge on any atom is -0.478 e. The standard InChI is InChI=1S/C11H6BrFO3/c12-8-4-7(10-2-1-3-16-10)9(13)5-6(8)11(14)15/h1-5H,(H,14,15). The van der Waals surface area contributed by atoms with Gasteiger partial charge in [0.2, 0.25) is 0 Å². The Labute approximate surface area is 98.6 Å². The van der Waals surface area contributed by atoms with Gasteiger partial charge in [0, 0.05) is 4.47 Å². The number of hydrogen-bond donors (Lipinski definition) is 1. The largest absolute Gasteiger partial charge is 0.478 e. The molecular formula is C11H6BrFO3. The van der Waals surface area contributed by atoms with Crippen molar-refractivity contribution in [3.63, 3.8) is 0 Å². The number of rotatable bonds is 2. The summed E-state index contributed by atoms with van der Waals surface area (Å²) in [4.78, 5) is 10.8. The summed E-state index contributed by atoms with van der Waals surface area (Å²) in [5, 5.41) is 8.79. The van der Waals surface area contributed by atoms with Crippen LogP contribution in [0.15, 0.2) is 39.4 Å². The molecule has 82 valence electrons. The number of benzene rings is 1. The van der Waals surface area contributed by atoms with Crippen molar-refractivity contribution in [2.75, 3.05) is 0 Å². The van der Waals surface area contributed by atoms with Crippen LogP contribution in [0.1, 0.15) is 10.4 Å². The SMILES string of the molecule is O=C(O)c1cc(F)c(-c2ccco2)cc1Br. The summed E-state index contributed by atoms with van der Waals surface area (Å²) in [5.41, 5.74) is 0.106. The van der Waals surface area contributed by atoms with Crippen molar-refractivity contribution in [2.24, 2.45) is 0 Å². The third kappa shape index (κ3) is 1.86. The molecule has 1 heterocycles. The van der Waals surface area contributed by atoms with Gasteiger partial charge in [-0.1, -0.05) is 0 Å². The first-order valence-electron chi connectivity index (χ1n) is 4.36. The van der Waals surface area contributed by atoms with Gasteiger partial charge in [0.1, 0.15) is 11.6 Å². The quantitative estimate of drug-likeness (QED) is 0.918. The second-order valence-electron chi connectivity index (χ2n) is 3.09. The molecular weight excluding hydrogens is 279 g/mol. The van der Waals surface area contributed by atoms with Gasteiger partial charge in [-0.25, -0.2) is 9.18 Å². The van der Waals surface area contributed by atoms with Crippen LogP contribution in [0, 0.1) is 5.82 Å². The van der Waals surface area contributed by atoms with E-state index in [1.165, 1.54) is 12.3 Å². The summed E-state index contributed by atoms with van der Waals surface area (Å²) in [6.07, 6.45) is 1.42. The van der Waals surface area contributed by atoms with Gasteiger partial charge in [-0.05, 0) is 40.2 Å². The van der Waals surface area contributed by atoms with Crippen LogP contribution in [0.2, 0.25) is 0 Å². The number of carbonyl (C=O) groups is 1. The van der Waals surface area contributed by atoms with E-state index in [2.05, 4.69) is 15.9 Å². The highest BCUT2D eigenvalue weighted by atomic mass is 79.9. The molecule has 0 amide bonds. The van der Waals surface area contributed by atoms with Crippen LogP contribution in [0.4, 0.5) is 4.39 Å². The van der Waals surface area contributed by atoms with E-state index in [4.69, 9.17) is 9.52 Å². The lowest BCUT2D eigenvalue weighted by molar-refractivity contribution is 0.0695. The summed E-state index contributed by atoms with van der Waals surface area (Å²) < 4.78 is 19.0. The van der Waals surface area contributed by atoms with Crippen molar-refractivity contribution in [1.29, 1.82) is 0 Å². The number of carboxylic acid groups (broad SMARTS) is 1. The van der Waals surface area contributed by atoms with E-state index in [1.807, 2.05) is 0 Å². The fourth-order valence-corrected chi connectivity index (χ4v) is 1.84. The Hall–Kier alpha value is -1.62. The molecule has 0 unspecified atom stereocenters. The van der Waals surface area contributed by atoms with Gasteiger partial charge in [-0.2, -0.15) is 0 Å². The van der Waals surface area contributed by atoms with Gasteiger partial charge >= 0.3 is 5.97 Å². The predicted octanol–water partition coefficient (Wildman–Crippen LogP) is 3.55. The molecule has 0 bridgehead atoms. The maximum Gasteiger partial charge on any atom is 0.336 e. The summed E-state index contributed by atoms with van der Waals surface area (Å²) in [6, 6.07) is 5.58. The molecule has 3 nitrogen and oxygen atoms in total. The van der Waals surface area contributed by atoms with Gasteiger partial charge in [0.15, 0.2) is 0 Å². The van der Waals surface area contributed by atoms with Gasteiger partial charge in [-0.15, -0.1) is 0 Å². The highest BCUT2D eigenvalue weighted by molar-refractivity contribution is 9.10. The van der Waals surface area contributed by atoms with E-state index in [-0.39, 0.29) is 11.1 Å². The Balaban J connectivity index is 2.59. The number of furan rings is 1. The molecule has 5 heteroatoms. The highest BCUT2D eigenvalue weighted by Crippen LogP contribution is 2.29. The van der Waals surface area contributed by atoms with Crippen molar-refractivity contribution in [3.05, 3.63) is 46.4 Å². The average Bonchev–Trinajstić information content (AvgIpc) is 2.73.